The largest absolute Gasteiger partial charge is 0.462 e. The Labute approximate surface area is 492 Å². The lowest BCUT2D eigenvalue weighted by Crippen LogP contribution is -2.30. The maximum atomic E-state index is 12.9. The number of carbonyl (C=O) groups excluding carboxylic acids is 3. The number of hydrogen-bond acceptors (Lipinski definition) is 6. The number of unbranched alkanes of at least 4 members (excludes halogenated alkanes) is 20. The minimum atomic E-state index is -0.816. The van der Waals surface area contributed by atoms with E-state index in [0.29, 0.717) is 12.8 Å². The second-order valence-electron chi connectivity index (χ2n) is 20.9. The first-order chi connectivity index (χ1) is 39.5. The molecule has 0 saturated carbocycles. The third-order valence-electron chi connectivity index (χ3n) is 13.2. The zero-order valence-electron chi connectivity index (χ0n) is 51.5. The van der Waals surface area contributed by atoms with Crippen LogP contribution in [0.1, 0.15) is 271 Å². The Morgan fingerprint density at radius 3 is 0.787 bits per heavy atom. The van der Waals surface area contributed by atoms with E-state index in [0.717, 1.165) is 173 Å². The molecule has 0 bridgehead atoms. The molecule has 80 heavy (non-hydrogen) atoms. The molecule has 0 amide bonds. The molecule has 0 aliphatic carbocycles. The first-order valence-electron chi connectivity index (χ1n) is 32.5. The SMILES string of the molecule is CC/C=C\C/C=C\C/C=C\C/C=C\C/C=C\C/C=C\C/C=C\CCCCCC(=O)OCC(COC(=O)CCCCCCC/C=C\CCCCCCCCC)OC(=O)CCCCCCC/C=C\C/C=C\C/C=C\C/C=C\C/C=C\CC. The molecule has 0 rings (SSSR count). The summed E-state index contributed by atoms with van der Waals surface area (Å²) in [4.78, 5) is 38.4. The molecule has 0 aromatic heterocycles. The van der Waals surface area contributed by atoms with Crippen LogP contribution >= 0.6 is 0 Å². The quantitative estimate of drug-likeness (QED) is 0.0261. The summed E-state index contributed by atoms with van der Waals surface area (Å²) in [6, 6.07) is 0. The molecule has 0 radical (unpaired) electrons. The fourth-order valence-electron chi connectivity index (χ4n) is 8.44. The molecule has 0 heterocycles. The normalized spacial score (nSPS) is 13.2. The van der Waals surface area contributed by atoms with Crippen molar-refractivity contribution in [2.24, 2.45) is 0 Å². The van der Waals surface area contributed by atoms with E-state index in [1.807, 2.05) is 0 Å². The first kappa shape index (κ1) is 75.0. The summed E-state index contributed by atoms with van der Waals surface area (Å²) in [6.07, 6.45) is 96.7. The maximum absolute atomic E-state index is 12.9. The van der Waals surface area contributed by atoms with Gasteiger partial charge in [-0.2, -0.15) is 0 Å². The van der Waals surface area contributed by atoms with Crippen molar-refractivity contribution in [2.45, 2.75) is 277 Å². The minimum absolute atomic E-state index is 0.107. The lowest BCUT2D eigenvalue weighted by molar-refractivity contribution is -0.167. The van der Waals surface area contributed by atoms with Crippen LogP contribution in [0, 0.1) is 0 Å². The maximum Gasteiger partial charge on any atom is 0.306 e. The summed E-state index contributed by atoms with van der Waals surface area (Å²) in [6.45, 7) is 6.36. The van der Waals surface area contributed by atoms with Crippen molar-refractivity contribution in [3.05, 3.63) is 158 Å². The van der Waals surface area contributed by atoms with E-state index < -0.39 is 6.10 Å². The van der Waals surface area contributed by atoms with Crippen molar-refractivity contribution < 1.29 is 28.6 Å². The van der Waals surface area contributed by atoms with Crippen LogP contribution in [0.25, 0.3) is 0 Å². The number of carbonyl (C=O) groups is 3. The van der Waals surface area contributed by atoms with Crippen LogP contribution in [-0.2, 0) is 28.6 Å². The highest BCUT2D eigenvalue weighted by Gasteiger charge is 2.19. The molecule has 6 heteroatoms. The smallest absolute Gasteiger partial charge is 0.306 e. The van der Waals surface area contributed by atoms with Crippen molar-refractivity contribution in [1.82, 2.24) is 0 Å². The molecular formula is C74H118O6. The Morgan fingerprint density at radius 2 is 0.487 bits per heavy atom. The topological polar surface area (TPSA) is 78.9 Å². The van der Waals surface area contributed by atoms with Gasteiger partial charge in [-0.05, 0) is 148 Å². The molecule has 1 unspecified atom stereocenters. The van der Waals surface area contributed by atoms with Gasteiger partial charge in [0.05, 0.1) is 0 Å². The molecule has 0 aromatic carbocycles. The van der Waals surface area contributed by atoms with Gasteiger partial charge in [-0.1, -0.05) is 262 Å². The summed E-state index contributed by atoms with van der Waals surface area (Å²) < 4.78 is 16.9. The van der Waals surface area contributed by atoms with E-state index in [9.17, 15) is 14.4 Å². The Bertz CT molecular complexity index is 1790. The molecule has 6 nitrogen and oxygen atoms in total. The van der Waals surface area contributed by atoms with Gasteiger partial charge < -0.3 is 14.2 Å². The highest BCUT2D eigenvalue weighted by Crippen LogP contribution is 2.14. The van der Waals surface area contributed by atoms with Crippen LogP contribution in [-0.4, -0.2) is 37.2 Å². The molecule has 1 atom stereocenters. The van der Waals surface area contributed by atoms with Gasteiger partial charge in [0.2, 0.25) is 0 Å². The molecule has 450 valence electrons. The molecule has 0 aliphatic rings. The van der Waals surface area contributed by atoms with Crippen molar-refractivity contribution in [3.8, 4) is 0 Å². The summed E-state index contributed by atoms with van der Waals surface area (Å²) in [7, 11) is 0. The lowest BCUT2D eigenvalue weighted by atomic mass is 10.1. The molecule has 0 saturated heterocycles. The van der Waals surface area contributed by atoms with Crippen molar-refractivity contribution >= 4 is 17.9 Å². The van der Waals surface area contributed by atoms with Crippen LogP contribution in [0.3, 0.4) is 0 Å². The molecule has 0 fully saturated rings. The van der Waals surface area contributed by atoms with Crippen LogP contribution in [0.15, 0.2) is 158 Å². The van der Waals surface area contributed by atoms with E-state index in [1.54, 1.807) is 0 Å². The van der Waals surface area contributed by atoms with Crippen LogP contribution in [0.5, 0.6) is 0 Å². The standard InChI is InChI=1S/C74H118O6/c1-4-7-10-13-16-19-22-25-28-31-33-35-36-37-38-40-41-43-46-49-52-55-58-61-64-67-73(76)79-70-71(69-78-72(75)66-63-60-57-54-51-48-45-30-27-24-21-18-15-12-9-6-3)80-74(77)68-65-62-59-56-53-50-47-44-42-39-34-32-29-26-23-20-17-14-11-8-5-2/h7-8,10-11,16-17,19-20,25-26,28-30,33-35,37-39,41,43-45,47,49,52,71H,4-6,9,12-15,18,21-24,27,31-32,36,40,42,46,48,50-51,53-70H2,1-3H3/b10-7-,11-8-,19-16-,20-17-,28-25-,29-26-,35-33-,38-37-,39-34-,43-41-,45-30-,47-44-,52-49-. The summed E-state index contributed by atoms with van der Waals surface area (Å²) in [5.41, 5.74) is 0. The molecule has 0 aliphatic heterocycles. The average Bonchev–Trinajstić information content (AvgIpc) is 3.46. The molecule has 0 N–H and O–H groups in total. The zero-order valence-corrected chi connectivity index (χ0v) is 51.5. The van der Waals surface area contributed by atoms with E-state index in [1.165, 1.54) is 57.8 Å². The molecular weight excluding hydrogens is 985 g/mol. The summed E-state index contributed by atoms with van der Waals surface area (Å²) in [5.74, 6) is -0.970. The van der Waals surface area contributed by atoms with E-state index in [2.05, 4.69) is 179 Å². The average molecular weight is 1100 g/mol. The Kier molecular flexibility index (Phi) is 62.4. The van der Waals surface area contributed by atoms with E-state index in [4.69, 9.17) is 14.2 Å². The number of allylic oxidation sites excluding steroid dienone is 26. The van der Waals surface area contributed by atoms with Crippen LogP contribution in [0.2, 0.25) is 0 Å². The van der Waals surface area contributed by atoms with Gasteiger partial charge in [-0.15, -0.1) is 0 Å². The summed E-state index contributed by atoms with van der Waals surface area (Å²) in [5, 5.41) is 0. The second kappa shape index (κ2) is 66.5. The Hall–Kier alpha value is -4.97. The number of ether oxygens (including phenoxy) is 3. The minimum Gasteiger partial charge on any atom is -0.462 e. The second-order valence-corrected chi connectivity index (χ2v) is 20.9. The summed E-state index contributed by atoms with van der Waals surface area (Å²) >= 11 is 0. The Morgan fingerprint density at radius 1 is 0.263 bits per heavy atom. The Balaban J connectivity index is 4.53. The van der Waals surface area contributed by atoms with Gasteiger partial charge in [0.15, 0.2) is 6.10 Å². The molecule has 0 aromatic rings. The van der Waals surface area contributed by atoms with Crippen molar-refractivity contribution in [1.29, 1.82) is 0 Å². The number of rotatable bonds is 57. The van der Waals surface area contributed by atoms with Gasteiger partial charge in [0.1, 0.15) is 13.2 Å². The third-order valence-corrected chi connectivity index (χ3v) is 13.2. The van der Waals surface area contributed by atoms with Crippen LogP contribution < -0.4 is 0 Å². The van der Waals surface area contributed by atoms with Gasteiger partial charge >= 0.3 is 17.9 Å². The van der Waals surface area contributed by atoms with Crippen LogP contribution in [0.4, 0.5) is 0 Å². The van der Waals surface area contributed by atoms with Gasteiger partial charge in [-0.3, -0.25) is 14.4 Å². The van der Waals surface area contributed by atoms with Crippen molar-refractivity contribution in [3.63, 3.8) is 0 Å². The highest BCUT2D eigenvalue weighted by atomic mass is 16.6. The fraction of sp³-hybridized carbons (Fsp3) is 0.608. The number of hydrogen-bond donors (Lipinski definition) is 0. The highest BCUT2D eigenvalue weighted by molar-refractivity contribution is 5.71. The monoisotopic (exact) mass is 1100 g/mol. The van der Waals surface area contributed by atoms with E-state index in [-0.39, 0.29) is 37.5 Å². The fourth-order valence-corrected chi connectivity index (χ4v) is 8.44. The van der Waals surface area contributed by atoms with Gasteiger partial charge in [0.25, 0.3) is 0 Å². The van der Waals surface area contributed by atoms with E-state index >= 15 is 0 Å². The zero-order chi connectivity index (χ0) is 57.8. The predicted octanol–water partition coefficient (Wildman–Crippen LogP) is 22.5. The molecule has 0 spiro atoms. The lowest BCUT2D eigenvalue weighted by Gasteiger charge is -2.18. The number of esters is 3. The van der Waals surface area contributed by atoms with Crippen molar-refractivity contribution in [2.75, 3.05) is 13.2 Å². The first-order valence-corrected chi connectivity index (χ1v) is 32.5. The third kappa shape index (κ3) is 63.9. The van der Waals surface area contributed by atoms with Gasteiger partial charge in [0, 0.05) is 19.3 Å². The predicted molar refractivity (Wildman–Crippen MR) is 348 cm³/mol. The van der Waals surface area contributed by atoms with Gasteiger partial charge in [-0.25, -0.2) is 0 Å².